The first-order valence-corrected chi connectivity index (χ1v) is 7.78. The number of carbonyl (C=O) groups is 1. The van der Waals surface area contributed by atoms with Crippen LogP contribution in [0.15, 0.2) is 29.2 Å². The molecule has 1 aromatic carbocycles. The van der Waals surface area contributed by atoms with Gasteiger partial charge in [0.15, 0.2) is 0 Å². The fourth-order valence-electron chi connectivity index (χ4n) is 2.22. The summed E-state index contributed by atoms with van der Waals surface area (Å²) in [4.78, 5) is 12.6. The van der Waals surface area contributed by atoms with Crippen LogP contribution in [0.2, 0.25) is 0 Å². The summed E-state index contributed by atoms with van der Waals surface area (Å²) in [6, 6.07) is 8.61. The number of benzene rings is 1. The minimum absolute atomic E-state index is 0.0908. The fraction of sp³-hybridized carbons (Fsp3) is 0.533. The van der Waals surface area contributed by atoms with Gasteiger partial charge in [-0.3, -0.25) is 4.79 Å². The van der Waals surface area contributed by atoms with Crippen LogP contribution in [0.1, 0.15) is 25.3 Å². The monoisotopic (exact) mass is 279 g/mol. The van der Waals surface area contributed by atoms with Crippen LogP contribution in [-0.4, -0.2) is 30.9 Å². The van der Waals surface area contributed by atoms with E-state index in [1.807, 2.05) is 18.7 Å². The van der Waals surface area contributed by atoms with E-state index in [0.29, 0.717) is 18.3 Å². The Hall–Kier alpha value is -1.00. The Bertz CT molecular complexity index is 397. The van der Waals surface area contributed by atoms with Crippen LogP contribution in [0.25, 0.3) is 0 Å². The van der Waals surface area contributed by atoms with E-state index in [0.717, 1.165) is 25.9 Å². The van der Waals surface area contributed by atoms with E-state index in [4.69, 9.17) is 4.74 Å². The molecule has 1 atom stereocenters. The van der Waals surface area contributed by atoms with Crippen LogP contribution in [0.3, 0.4) is 0 Å². The van der Waals surface area contributed by atoms with Crippen molar-refractivity contribution in [3.63, 3.8) is 0 Å². The zero-order valence-corrected chi connectivity index (χ0v) is 12.2. The molecular formula is C15H21NO2S. The maximum Gasteiger partial charge on any atom is 0.305 e. The highest BCUT2D eigenvalue weighted by atomic mass is 32.2. The molecule has 104 valence electrons. The van der Waals surface area contributed by atoms with Crippen molar-refractivity contribution in [2.75, 3.05) is 19.7 Å². The predicted molar refractivity (Wildman–Crippen MR) is 78.5 cm³/mol. The molecule has 1 aliphatic heterocycles. The lowest BCUT2D eigenvalue weighted by molar-refractivity contribution is -0.143. The molecule has 0 saturated carbocycles. The molecule has 0 aromatic heterocycles. The van der Waals surface area contributed by atoms with E-state index in [2.05, 4.69) is 29.6 Å². The van der Waals surface area contributed by atoms with E-state index >= 15 is 0 Å². The van der Waals surface area contributed by atoms with Crippen molar-refractivity contribution in [1.29, 1.82) is 0 Å². The standard InChI is InChI=1S/C15H21NO2S/c1-2-18-15(17)8-5-9-16-11-13-10-12-6-3-4-7-14(12)19-13/h3-4,6-7,13,16H,2,5,8-11H2,1H3. The molecule has 0 saturated heterocycles. The average molecular weight is 279 g/mol. The van der Waals surface area contributed by atoms with Gasteiger partial charge in [-0.05, 0) is 37.9 Å². The van der Waals surface area contributed by atoms with E-state index < -0.39 is 0 Å². The average Bonchev–Trinajstić information content (AvgIpc) is 2.81. The number of hydrogen-bond acceptors (Lipinski definition) is 4. The van der Waals surface area contributed by atoms with E-state index in [1.165, 1.54) is 10.5 Å². The minimum atomic E-state index is -0.0908. The smallest absolute Gasteiger partial charge is 0.305 e. The second-order valence-electron chi connectivity index (χ2n) is 4.66. The number of ether oxygens (including phenoxy) is 1. The fourth-order valence-corrected chi connectivity index (χ4v) is 3.50. The van der Waals surface area contributed by atoms with Crippen molar-refractivity contribution in [3.05, 3.63) is 29.8 Å². The lowest BCUT2D eigenvalue weighted by Gasteiger charge is -2.09. The topological polar surface area (TPSA) is 38.3 Å². The largest absolute Gasteiger partial charge is 0.466 e. The van der Waals surface area contributed by atoms with Crippen LogP contribution in [0, 0.1) is 0 Å². The molecule has 1 aliphatic rings. The van der Waals surface area contributed by atoms with Gasteiger partial charge < -0.3 is 10.1 Å². The molecule has 0 spiro atoms. The summed E-state index contributed by atoms with van der Waals surface area (Å²) in [5, 5.41) is 4.06. The van der Waals surface area contributed by atoms with E-state index in [1.54, 1.807) is 0 Å². The van der Waals surface area contributed by atoms with Gasteiger partial charge in [0.05, 0.1) is 6.61 Å². The van der Waals surface area contributed by atoms with Crippen molar-refractivity contribution >= 4 is 17.7 Å². The Morgan fingerprint density at radius 1 is 1.47 bits per heavy atom. The summed E-state index contributed by atoms with van der Waals surface area (Å²) in [5.41, 5.74) is 1.46. The van der Waals surface area contributed by atoms with Crippen LogP contribution in [0.5, 0.6) is 0 Å². The number of nitrogens with one attached hydrogen (secondary N) is 1. The third-order valence-corrected chi connectivity index (χ3v) is 4.44. The number of fused-ring (bicyclic) bond motifs is 1. The molecule has 19 heavy (non-hydrogen) atoms. The molecule has 0 amide bonds. The van der Waals surface area contributed by atoms with Crippen LogP contribution in [0.4, 0.5) is 0 Å². The summed E-state index contributed by atoms with van der Waals surface area (Å²) in [6.45, 7) is 4.20. The molecule has 1 N–H and O–H groups in total. The Morgan fingerprint density at radius 3 is 3.11 bits per heavy atom. The van der Waals surface area contributed by atoms with Crippen molar-refractivity contribution in [2.24, 2.45) is 0 Å². The Kier molecular flexibility index (Phi) is 5.73. The summed E-state index contributed by atoms with van der Waals surface area (Å²) in [6.07, 6.45) is 2.51. The van der Waals surface area contributed by atoms with Crippen molar-refractivity contribution < 1.29 is 9.53 Å². The van der Waals surface area contributed by atoms with E-state index in [-0.39, 0.29) is 5.97 Å². The first-order valence-electron chi connectivity index (χ1n) is 6.90. The zero-order chi connectivity index (χ0) is 13.5. The first kappa shape index (κ1) is 14.4. The molecule has 1 heterocycles. The molecular weight excluding hydrogens is 258 g/mol. The van der Waals surface area contributed by atoms with Gasteiger partial charge in [-0.25, -0.2) is 0 Å². The summed E-state index contributed by atoms with van der Waals surface area (Å²) >= 11 is 1.95. The quantitative estimate of drug-likeness (QED) is 0.615. The summed E-state index contributed by atoms with van der Waals surface area (Å²) in [5.74, 6) is -0.0908. The molecule has 1 unspecified atom stereocenters. The number of esters is 1. The van der Waals surface area contributed by atoms with Crippen LogP contribution >= 0.6 is 11.8 Å². The normalized spacial score (nSPS) is 17.2. The third-order valence-electron chi connectivity index (χ3n) is 3.13. The zero-order valence-electron chi connectivity index (χ0n) is 11.4. The second kappa shape index (κ2) is 7.56. The summed E-state index contributed by atoms with van der Waals surface area (Å²) in [7, 11) is 0. The molecule has 0 fully saturated rings. The maximum atomic E-state index is 11.2. The van der Waals surface area contributed by atoms with Crippen LogP contribution in [-0.2, 0) is 16.0 Å². The van der Waals surface area contributed by atoms with Gasteiger partial charge in [0.25, 0.3) is 0 Å². The van der Waals surface area contributed by atoms with E-state index in [9.17, 15) is 4.79 Å². The molecule has 2 rings (SSSR count). The molecule has 4 heteroatoms. The highest BCUT2D eigenvalue weighted by molar-refractivity contribution is 8.00. The molecule has 0 radical (unpaired) electrons. The van der Waals surface area contributed by atoms with Gasteiger partial charge in [-0.15, -0.1) is 11.8 Å². The lowest BCUT2D eigenvalue weighted by Crippen LogP contribution is -2.25. The Balaban J connectivity index is 1.57. The van der Waals surface area contributed by atoms with Gasteiger partial charge in [0.2, 0.25) is 0 Å². The lowest BCUT2D eigenvalue weighted by atomic mass is 10.1. The molecule has 1 aromatic rings. The van der Waals surface area contributed by atoms with Gasteiger partial charge in [-0.2, -0.15) is 0 Å². The van der Waals surface area contributed by atoms with Gasteiger partial charge >= 0.3 is 5.97 Å². The second-order valence-corrected chi connectivity index (χ2v) is 6.01. The third kappa shape index (κ3) is 4.55. The SMILES string of the molecule is CCOC(=O)CCCNCC1Cc2ccccc2S1. The minimum Gasteiger partial charge on any atom is -0.466 e. The highest BCUT2D eigenvalue weighted by Crippen LogP contribution is 2.36. The van der Waals surface area contributed by atoms with Gasteiger partial charge in [-0.1, -0.05) is 18.2 Å². The molecule has 3 nitrogen and oxygen atoms in total. The van der Waals surface area contributed by atoms with Gasteiger partial charge in [0, 0.05) is 23.1 Å². The van der Waals surface area contributed by atoms with Gasteiger partial charge in [0.1, 0.15) is 0 Å². The number of carbonyl (C=O) groups excluding carboxylic acids is 1. The predicted octanol–water partition coefficient (Wildman–Crippen LogP) is 2.64. The maximum absolute atomic E-state index is 11.2. The first-order chi connectivity index (χ1) is 9.29. The Labute approximate surface area is 119 Å². The molecule has 0 bridgehead atoms. The summed E-state index contributed by atoms with van der Waals surface area (Å²) < 4.78 is 4.89. The number of thioether (sulfide) groups is 1. The highest BCUT2D eigenvalue weighted by Gasteiger charge is 2.20. The number of rotatable bonds is 7. The van der Waals surface area contributed by atoms with Crippen molar-refractivity contribution in [3.8, 4) is 0 Å². The van der Waals surface area contributed by atoms with Crippen LogP contribution < -0.4 is 5.32 Å². The number of hydrogen-bond donors (Lipinski definition) is 1. The van der Waals surface area contributed by atoms with Crippen molar-refractivity contribution in [1.82, 2.24) is 5.32 Å². The van der Waals surface area contributed by atoms with Crippen molar-refractivity contribution in [2.45, 2.75) is 36.3 Å². The molecule has 0 aliphatic carbocycles. The Morgan fingerprint density at radius 2 is 2.32 bits per heavy atom.